The van der Waals surface area contributed by atoms with E-state index in [1.807, 2.05) is 65.9 Å². The van der Waals surface area contributed by atoms with Crippen molar-refractivity contribution in [3.63, 3.8) is 0 Å². The molecule has 0 atom stereocenters. The maximum atomic E-state index is 13.1. The molecule has 182 valence electrons. The fourth-order valence-electron chi connectivity index (χ4n) is 2.93. The van der Waals surface area contributed by atoms with E-state index >= 15 is 0 Å². The Hall–Kier alpha value is -2.93. The van der Waals surface area contributed by atoms with Crippen LogP contribution in [0.25, 0.3) is 10.8 Å². The van der Waals surface area contributed by atoms with Gasteiger partial charge in [-0.25, -0.2) is 9.98 Å². The predicted octanol–water partition coefficient (Wildman–Crippen LogP) is 5.72. The number of aryl methyl sites for hydroxylation is 1. The summed E-state index contributed by atoms with van der Waals surface area (Å²) in [6.07, 6.45) is 8.15. The lowest BCUT2D eigenvalue weighted by Crippen LogP contribution is -2.29. The van der Waals surface area contributed by atoms with E-state index < -0.39 is 0 Å². The van der Waals surface area contributed by atoms with Gasteiger partial charge in [-0.2, -0.15) is 0 Å². The number of hydrogen-bond acceptors (Lipinski definition) is 5. The molecule has 7 heteroatoms. The molecule has 0 radical (unpaired) electrons. The fraction of sp³-hybridized carbons (Fsp3) is 0.500. The van der Waals surface area contributed by atoms with E-state index in [1.54, 1.807) is 4.57 Å². The van der Waals surface area contributed by atoms with Crippen molar-refractivity contribution in [1.29, 1.82) is 0 Å². The highest BCUT2D eigenvalue weighted by atomic mass is 16.2. The average Bonchev–Trinajstić information content (AvgIpc) is 2.72. The lowest BCUT2D eigenvalue weighted by Gasteiger charge is -2.23. The number of fused-ring (bicyclic) bond motifs is 1. The number of allylic oxidation sites excluding steroid dienone is 1. The molecule has 0 aliphatic carbocycles. The molecule has 0 unspecified atom stereocenters. The van der Waals surface area contributed by atoms with E-state index in [1.165, 1.54) is 6.20 Å². The first-order valence-electron chi connectivity index (χ1n) is 11.6. The van der Waals surface area contributed by atoms with E-state index in [0.717, 1.165) is 30.2 Å². The Balaban J connectivity index is 0.00000125. The van der Waals surface area contributed by atoms with Crippen molar-refractivity contribution >= 4 is 28.2 Å². The predicted molar refractivity (Wildman–Crippen MR) is 142 cm³/mol. The van der Waals surface area contributed by atoms with Gasteiger partial charge in [-0.1, -0.05) is 32.4 Å². The standard InChI is InChI=1S/C23H33N5O.C3H8O/c1-8-10-12-28-13-11-17-15-19(25-18(24-9-2)14-16(3)4)26-21(20(17)22(28)29)27-23(5,6)7;1-2-3-4/h9,11,13-15H,2,8,10,12H2,1,3-7H3,(H2,24,25,26,27);4H,2-3H2,1H3. The van der Waals surface area contributed by atoms with Crippen LogP contribution in [0.4, 0.5) is 11.6 Å². The van der Waals surface area contributed by atoms with Crippen molar-refractivity contribution in [1.82, 2.24) is 9.55 Å². The van der Waals surface area contributed by atoms with Gasteiger partial charge in [-0.3, -0.25) is 4.79 Å². The molecule has 2 rings (SSSR count). The zero-order chi connectivity index (χ0) is 25.0. The maximum Gasteiger partial charge on any atom is 0.262 e. The Bertz CT molecular complexity index is 1020. The van der Waals surface area contributed by atoms with E-state index in [9.17, 15) is 4.79 Å². The number of aliphatic hydroxyl groups is 1. The molecule has 0 saturated heterocycles. The quantitative estimate of drug-likeness (QED) is 0.350. The summed E-state index contributed by atoms with van der Waals surface area (Å²) in [4.78, 5) is 22.1. The smallest absolute Gasteiger partial charge is 0.262 e. The number of pyridine rings is 2. The number of nitrogens with zero attached hydrogens (tertiary/aromatic N) is 3. The summed E-state index contributed by atoms with van der Waals surface area (Å²) in [5.74, 6) is 1.83. The van der Waals surface area contributed by atoms with Crippen LogP contribution in [0, 0.1) is 0 Å². The number of anilines is 2. The van der Waals surface area contributed by atoms with Gasteiger partial charge < -0.3 is 20.3 Å². The normalized spacial score (nSPS) is 11.5. The van der Waals surface area contributed by atoms with Crippen LogP contribution in [0.2, 0.25) is 0 Å². The Kier molecular flexibility index (Phi) is 11.6. The van der Waals surface area contributed by atoms with Crippen LogP contribution in [-0.4, -0.2) is 32.6 Å². The highest BCUT2D eigenvalue weighted by Crippen LogP contribution is 2.25. The van der Waals surface area contributed by atoms with Gasteiger partial charge in [0.1, 0.15) is 17.5 Å². The third kappa shape index (κ3) is 9.61. The largest absolute Gasteiger partial charge is 0.396 e. The lowest BCUT2D eigenvalue weighted by atomic mass is 10.1. The van der Waals surface area contributed by atoms with Gasteiger partial charge in [0.2, 0.25) is 0 Å². The van der Waals surface area contributed by atoms with Crippen molar-refractivity contribution in [2.45, 2.75) is 79.8 Å². The number of nitrogens with one attached hydrogen (secondary N) is 2. The summed E-state index contributed by atoms with van der Waals surface area (Å²) in [6, 6.07) is 3.85. The van der Waals surface area contributed by atoms with Crippen LogP contribution in [-0.2, 0) is 6.54 Å². The number of rotatable bonds is 8. The topological polar surface area (TPSA) is 91.5 Å². The summed E-state index contributed by atoms with van der Waals surface area (Å²) in [5, 5.41) is 16.0. The molecule has 7 nitrogen and oxygen atoms in total. The second kappa shape index (κ2) is 13.6. The number of aliphatic hydroxyl groups excluding tert-OH is 1. The summed E-state index contributed by atoms with van der Waals surface area (Å²) in [6.45, 7) is 18.9. The molecule has 0 fully saturated rings. The van der Waals surface area contributed by atoms with Gasteiger partial charge in [0.25, 0.3) is 5.56 Å². The van der Waals surface area contributed by atoms with Gasteiger partial charge in [0.05, 0.1) is 5.39 Å². The first-order valence-corrected chi connectivity index (χ1v) is 11.6. The highest BCUT2D eigenvalue weighted by Gasteiger charge is 2.17. The molecular weight excluding hydrogens is 414 g/mol. The second-order valence-electron chi connectivity index (χ2n) is 9.13. The van der Waals surface area contributed by atoms with Gasteiger partial charge in [-0.05, 0) is 71.1 Å². The average molecular weight is 456 g/mol. The number of aliphatic imine (C=N–C) groups is 1. The Morgan fingerprint density at radius 1 is 1.27 bits per heavy atom. The number of amidine groups is 1. The molecule has 2 heterocycles. The molecule has 3 N–H and O–H groups in total. The minimum Gasteiger partial charge on any atom is -0.396 e. The van der Waals surface area contributed by atoms with Crippen LogP contribution in [0.5, 0.6) is 0 Å². The molecule has 0 aromatic carbocycles. The third-order valence-electron chi connectivity index (χ3n) is 4.34. The van der Waals surface area contributed by atoms with Gasteiger partial charge >= 0.3 is 0 Å². The molecule has 0 spiro atoms. The summed E-state index contributed by atoms with van der Waals surface area (Å²) in [5.41, 5.74) is 0.837. The highest BCUT2D eigenvalue weighted by molar-refractivity contribution is 6.05. The summed E-state index contributed by atoms with van der Waals surface area (Å²) < 4.78 is 1.77. The van der Waals surface area contributed by atoms with Crippen molar-refractivity contribution in [3.05, 3.63) is 53.1 Å². The maximum absolute atomic E-state index is 13.1. The molecule has 2 aromatic rings. The Labute approximate surface area is 198 Å². The molecular formula is C26H41N5O2. The second-order valence-corrected chi connectivity index (χ2v) is 9.13. The van der Waals surface area contributed by atoms with E-state index in [4.69, 9.17) is 10.1 Å². The summed E-state index contributed by atoms with van der Waals surface area (Å²) in [7, 11) is 0. The first-order chi connectivity index (χ1) is 15.6. The Morgan fingerprint density at radius 3 is 2.45 bits per heavy atom. The van der Waals surface area contributed by atoms with E-state index in [-0.39, 0.29) is 11.1 Å². The number of aromatic nitrogens is 2. The van der Waals surface area contributed by atoms with Gasteiger partial charge in [0, 0.05) is 31.1 Å². The lowest BCUT2D eigenvalue weighted by molar-refractivity contribution is 0.295. The molecule has 0 saturated carbocycles. The third-order valence-corrected chi connectivity index (χ3v) is 4.34. The minimum absolute atomic E-state index is 0.0222. The molecule has 33 heavy (non-hydrogen) atoms. The number of hydrogen-bond donors (Lipinski definition) is 3. The summed E-state index contributed by atoms with van der Waals surface area (Å²) >= 11 is 0. The van der Waals surface area contributed by atoms with Crippen LogP contribution in [0.3, 0.4) is 0 Å². The van der Waals surface area contributed by atoms with Crippen molar-refractivity contribution < 1.29 is 5.11 Å². The first kappa shape index (κ1) is 28.1. The van der Waals surface area contributed by atoms with Gasteiger partial charge in [0.15, 0.2) is 0 Å². The van der Waals surface area contributed by atoms with Crippen molar-refractivity contribution in [2.24, 2.45) is 4.99 Å². The Morgan fingerprint density at radius 2 is 1.94 bits per heavy atom. The van der Waals surface area contributed by atoms with E-state index in [0.29, 0.717) is 36.0 Å². The SMILES string of the molecule is C=CN=C(C=C(C)C)Nc1cc2ccn(CCCC)c(=O)c2c(NC(C)(C)C)n1.CCCO. The molecule has 0 bridgehead atoms. The van der Waals surface area contributed by atoms with Crippen LogP contribution < -0.4 is 16.2 Å². The number of unbranched alkanes of at least 4 members (excludes halogenated alkanes) is 1. The zero-order valence-corrected chi connectivity index (χ0v) is 21.3. The monoisotopic (exact) mass is 455 g/mol. The molecule has 0 amide bonds. The molecule has 0 aliphatic heterocycles. The minimum atomic E-state index is -0.243. The van der Waals surface area contributed by atoms with Crippen LogP contribution in [0.1, 0.15) is 67.7 Å². The zero-order valence-electron chi connectivity index (χ0n) is 21.3. The molecule has 2 aromatic heterocycles. The van der Waals surface area contributed by atoms with Crippen molar-refractivity contribution in [3.8, 4) is 0 Å². The molecule has 0 aliphatic rings. The van der Waals surface area contributed by atoms with Crippen LogP contribution >= 0.6 is 0 Å². The van der Waals surface area contributed by atoms with Crippen molar-refractivity contribution in [2.75, 3.05) is 17.2 Å². The van der Waals surface area contributed by atoms with Crippen LogP contribution in [0.15, 0.2) is 52.5 Å². The fourth-order valence-corrected chi connectivity index (χ4v) is 2.93. The van der Waals surface area contributed by atoms with Gasteiger partial charge in [-0.15, -0.1) is 0 Å². The van der Waals surface area contributed by atoms with E-state index in [2.05, 4.69) is 29.1 Å².